The van der Waals surface area contributed by atoms with E-state index in [4.69, 9.17) is 9.66 Å². The van der Waals surface area contributed by atoms with Crippen LogP contribution in [0.4, 0.5) is 0 Å². The first-order valence-corrected chi connectivity index (χ1v) is 5.23. The predicted octanol–water partition coefficient (Wildman–Crippen LogP) is -1.87. The van der Waals surface area contributed by atoms with E-state index in [1.165, 1.54) is 0 Å². The fourth-order valence-electron chi connectivity index (χ4n) is 0.277. The first-order chi connectivity index (χ1) is 4.77. The first-order valence-electron chi connectivity index (χ1n) is 2.29. The molecule has 0 atom stereocenters. The monoisotopic (exact) mass is 206 g/mol. The van der Waals surface area contributed by atoms with Crippen LogP contribution in [0.3, 0.4) is 0 Å². The fourth-order valence-corrected chi connectivity index (χ4v) is 1.82. The van der Waals surface area contributed by atoms with Gasteiger partial charge in [-0.15, -0.1) is 3.63 Å². The molecule has 0 saturated carbocycles. The molecule has 0 fully saturated rings. The van der Waals surface area contributed by atoms with Crippen molar-refractivity contribution >= 4 is 20.5 Å². The van der Waals surface area contributed by atoms with E-state index in [0.717, 1.165) is 0 Å². The van der Waals surface area contributed by atoms with Gasteiger partial charge in [0.1, 0.15) is 0 Å². The van der Waals surface area contributed by atoms with Crippen LogP contribution >= 0.6 is 0 Å². The Bertz CT molecular complexity index is 295. The van der Waals surface area contributed by atoms with Crippen LogP contribution < -0.4 is 0 Å². The van der Waals surface area contributed by atoms with Crippen LogP contribution in [0.25, 0.3) is 0 Å². The van der Waals surface area contributed by atoms with Crippen LogP contribution in [0, 0.1) is 0 Å². The summed E-state index contributed by atoms with van der Waals surface area (Å²) in [5, 5.41) is 8.06. The van der Waals surface area contributed by atoms with Crippen LogP contribution in [-0.2, 0) is 24.1 Å². The summed E-state index contributed by atoms with van der Waals surface area (Å²) in [6.45, 7) is -0.780. The zero-order valence-electron chi connectivity index (χ0n) is 5.17. The molecule has 9 heteroatoms. The minimum atomic E-state index is -5.00. The number of hydrogen-bond donors (Lipinski definition) is 2. The maximum atomic E-state index is 10.3. The van der Waals surface area contributed by atoms with E-state index in [0.29, 0.717) is 0 Å². The topological polar surface area (TPSA) is 118 Å². The van der Waals surface area contributed by atoms with Gasteiger partial charge in [-0.1, -0.05) is 0 Å². The number of aliphatic hydroxyl groups is 1. The molecule has 0 aliphatic heterocycles. The van der Waals surface area contributed by atoms with Gasteiger partial charge in [0, 0.05) is 0 Å². The van der Waals surface area contributed by atoms with Crippen LogP contribution in [0.2, 0.25) is 0 Å². The third-order valence-corrected chi connectivity index (χ3v) is 2.73. The quantitative estimate of drug-likeness (QED) is 0.517. The van der Waals surface area contributed by atoms with Gasteiger partial charge in [-0.25, -0.2) is 0 Å². The van der Waals surface area contributed by atoms with Gasteiger partial charge in [0.15, 0.2) is 0 Å². The lowest BCUT2D eigenvalue weighted by Gasteiger charge is -1.97. The Kier molecular flexibility index (Phi) is 3.38. The van der Waals surface area contributed by atoms with Gasteiger partial charge in [-0.05, 0) is 0 Å². The Morgan fingerprint density at radius 1 is 1.18 bits per heavy atom. The fraction of sp³-hybridized carbons (Fsp3) is 1.00. The zero-order valence-corrected chi connectivity index (χ0v) is 6.80. The summed E-state index contributed by atoms with van der Waals surface area (Å²) in [7, 11) is -9.38. The lowest BCUT2D eigenvalue weighted by atomic mass is 10.9. The summed E-state index contributed by atoms with van der Waals surface area (Å²) in [6.07, 6.45) is 0. The molecule has 0 aromatic rings. The molecule has 0 heterocycles. The maximum absolute atomic E-state index is 10.3. The van der Waals surface area contributed by atoms with Crippen molar-refractivity contribution in [3.05, 3.63) is 0 Å². The molecule has 0 aliphatic rings. The smallest absolute Gasteiger partial charge is 0.395 e. The molecule has 0 unspecified atom stereocenters. The van der Waals surface area contributed by atoms with E-state index in [2.05, 4.69) is 3.63 Å². The van der Waals surface area contributed by atoms with Crippen LogP contribution in [-0.4, -0.2) is 38.9 Å². The Morgan fingerprint density at radius 3 is 1.91 bits per heavy atom. The van der Waals surface area contributed by atoms with Gasteiger partial charge in [0.05, 0.1) is 12.4 Å². The molecule has 7 nitrogen and oxygen atoms in total. The molecule has 11 heavy (non-hydrogen) atoms. The zero-order chi connectivity index (χ0) is 9.12. The van der Waals surface area contributed by atoms with E-state index in [1.807, 2.05) is 0 Å². The molecular formula is C2H6O7S2. The van der Waals surface area contributed by atoms with E-state index in [-0.39, 0.29) is 0 Å². The lowest BCUT2D eigenvalue weighted by molar-refractivity contribution is 0.314. The Hall–Kier alpha value is -0.220. The molecule has 0 spiro atoms. The summed E-state index contributed by atoms with van der Waals surface area (Å²) in [6, 6.07) is 0. The van der Waals surface area contributed by atoms with Crippen LogP contribution in [0.5, 0.6) is 0 Å². The summed E-state index contributed by atoms with van der Waals surface area (Å²) in [5.74, 6) is -0.882. The maximum Gasteiger partial charge on any atom is 0.412 e. The van der Waals surface area contributed by atoms with Crippen molar-refractivity contribution in [2.45, 2.75) is 0 Å². The highest BCUT2D eigenvalue weighted by molar-refractivity contribution is 7.97. The number of aliphatic hydroxyl groups excluding tert-OH is 1. The molecular weight excluding hydrogens is 200 g/mol. The van der Waals surface area contributed by atoms with Gasteiger partial charge < -0.3 is 5.11 Å². The van der Waals surface area contributed by atoms with Gasteiger partial charge in [-0.3, -0.25) is 4.55 Å². The highest BCUT2D eigenvalue weighted by atomic mass is 32.3. The lowest BCUT2D eigenvalue weighted by Crippen LogP contribution is -2.17. The van der Waals surface area contributed by atoms with Crippen LogP contribution in [0.15, 0.2) is 0 Å². The summed E-state index contributed by atoms with van der Waals surface area (Å²) >= 11 is 0. The van der Waals surface area contributed by atoms with Crippen molar-refractivity contribution in [3.8, 4) is 0 Å². The van der Waals surface area contributed by atoms with Crippen LogP contribution in [0.1, 0.15) is 0 Å². The van der Waals surface area contributed by atoms with E-state index >= 15 is 0 Å². The molecule has 0 saturated heterocycles. The number of rotatable bonds is 4. The molecule has 0 bridgehead atoms. The Balaban J connectivity index is 4.40. The summed E-state index contributed by atoms with van der Waals surface area (Å²) < 4.78 is 51.3. The van der Waals surface area contributed by atoms with Crippen molar-refractivity contribution in [2.75, 3.05) is 12.4 Å². The highest BCUT2D eigenvalue weighted by Crippen LogP contribution is 1.97. The Morgan fingerprint density at radius 2 is 1.64 bits per heavy atom. The van der Waals surface area contributed by atoms with Crippen molar-refractivity contribution in [1.29, 1.82) is 0 Å². The van der Waals surface area contributed by atoms with Gasteiger partial charge >= 0.3 is 10.4 Å². The normalized spacial score (nSPS) is 13.3. The summed E-state index contributed by atoms with van der Waals surface area (Å²) in [4.78, 5) is 0. The molecule has 2 N–H and O–H groups in total. The van der Waals surface area contributed by atoms with Crippen molar-refractivity contribution < 1.29 is 30.1 Å². The standard InChI is InChI=1S/C2H6O7S2/c3-1-2-10(4,5)9-11(6,7)8/h3H,1-2H2,(H,6,7,8). The second-order valence-electron chi connectivity index (χ2n) is 1.48. The van der Waals surface area contributed by atoms with Gasteiger partial charge in [0.2, 0.25) is 0 Å². The van der Waals surface area contributed by atoms with E-state index < -0.39 is 32.9 Å². The minimum Gasteiger partial charge on any atom is -0.395 e. The molecule has 0 rings (SSSR count). The molecule has 68 valence electrons. The van der Waals surface area contributed by atoms with E-state index in [1.54, 1.807) is 0 Å². The second-order valence-corrected chi connectivity index (χ2v) is 4.40. The molecule has 0 aromatic heterocycles. The van der Waals surface area contributed by atoms with E-state index in [9.17, 15) is 16.8 Å². The molecule has 0 aliphatic carbocycles. The van der Waals surface area contributed by atoms with Crippen molar-refractivity contribution in [1.82, 2.24) is 0 Å². The number of hydrogen-bond acceptors (Lipinski definition) is 6. The third-order valence-electron chi connectivity index (χ3n) is 0.531. The average molecular weight is 206 g/mol. The van der Waals surface area contributed by atoms with Gasteiger partial charge in [-0.2, -0.15) is 16.8 Å². The molecule has 0 aromatic carbocycles. The Labute approximate surface area is 63.7 Å². The first kappa shape index (κ1) is 10.8. The third kappa shape index (κ3) is 6.19. The van der Waals surface area contributed by atoms with Gasteiger partial charge in [0.25, 0.3) is 10.1 Å². The van der Waals surface area contributed by atoms with Crippen molar-refractivity contribution in [3.63, 3.8) is 0 Å². The molecule has 0 radical (unpaired) electrons. The SMILES string of the molecule is O=S(=O)(O)OS(=O)(=O)CCO. The summed E-state index contributed by atoms with van der Waals surface area (Å²) in [5.41, 5.74) is 0. The highest BCUT2D eigenvalue weighted by Gasteiger charge is 2.19. The largest absolute Gasteiger partial charge is 0.412 e. The predicted molar refractivity (Wildman–Crippen MR) is 33.5 cm³/mol. The molecule has 0 amide bonds. The van der Waals surface area contributed by atoms with Crippen molar-refractivity contribution in [2.24, 2.45) is 0 Å². The minimum absolute atomic E-state index is 0.780. The second kappa shape index (κ2) is 3.45. The average Bonchev–Trinajstić information content (AvgIpc) is 1.55.